The third-order valence-electron chi connectivity index (χ3n) is 5.88. The van der Waals surface area contributed by atoms with Crippen LogP contribution in [0.3, 0.4) is 0 Å². The number of fused-ring (bicyclic) bond motifs is 1. The maximum absolute atomic E-state index is 13.2. The van der Waals surface area contributed by atoms with E-state index in [0.29, 0.717) is 13.2 Å². The van der Waals surface area contributed by atoms with Crippen molar-refractivity contribution in [2.45, 2.75) is 13.5 Å². The van der Waals surface area contributed by atoms with Crippen molar-refractivity contribution in [3.05, 3.63) is 47.4 Å². The van der Waals surface area contributed by atoms with E-state index in [2.05, 4.69) is 32.7 Å². The first-order chi connectivity index (χ1) is 14.7. The van der Waals surface area contributed by atoms with Crippen molar-refractivity contribution in [3.8, 4) is 0 Å². The molecule has 0 atom stereocenters. The molecule has 5 rings (SSSR count). The SMILES string of the molecule is Cc1cc2c(N3CCN(Cc4ccc(F)cc4)CC3)nc(N3CCOCC3)nc2[nH]1. The van der Waals surface area contributed by atoms with E-state index in [1.165, 1.54) is 12.1 Å². The lowest BCUT2D eigenvalue weighted by atomic mass is 10.2. The number of hydrogen-bond acceptors (Lipinski definition) is 6. The van der Waals surface area contributed by atoms with Gasteiger partial charge in [-0.3, -0.25) is 4.90 Å². The molecule has 7 nitrogen and oxygen atoms in total. The molecule has 1 aromatic carbocycles. The second-order valence-electron chi connectivity index (χ2n) is 8.05. The minimum absolute atomic E-state index is 0.186. The number of aryl methyl sites for hydroxylation is 1. The number of ether oxygens (including phenoxy) is 1. The van der Waals surface area contributed by atoms with E-state index in [9.17, 15) is 4.39 Å². The smallest absolute Gasteiger partial charge is 0.229 e. The van der Waals surface area contributed by atoms with Crippen LogP contribution in [0.1, 0.15) is 11.3 Å². The van der Waals surface area contributed by atoms with E-state index in [4.69, 9.17) is 14.7 Å². The van der Waals surface area contributed by atoms with Crippen LogP contribution in [-0.4, -0.2) is 72.3 Å². The first kappa shape index (κ1) is 19.3. The second-order valence-corrected chi connectivity index (χ2v) is 8.05. The minimum Gasteiger partial charge on any atom is -0.378 e. The molecule has 3 aromatic rings. The average molecular weight is 410 g/mol. The Morgan fingerprint density at radius 2 is 1.70 bits per heavy atom. The number of morpholine rings is 1. The van der Waals surface area contributed by atoms with Crippen LogP contribution in [0.25, 0.3) is 11.0 Å². The van der Waals surface area contributed by atoms with Gasteiger partial charge in [0, 0.05) is 51.5 Å². The molecule has 0 unspecified atom stereocenters. The molecular weight excluding hydrogens is 383 g/mol. The molecule has 2 aromatic heterocycles. The van der Waals surface area contributed by atoms with Gasteiger partial charge in [0.15, 0.2) is 0 Å². The number of benzene rings is 1. The lowest BCUT2D eigenvalue weighted by Crippen LogP contribution is -2.46. The van der Waals surface area contributed by atoms with E-state index in [-0.39, 0.29) is 5.82 Å². The first-order valence-electron chi connectivity index (χ1n) is 10.6. The van der Waals surface area contributed by atoms with Crippen LogP contribution >= 0.6 is 0 Å². The summed E-state index contributed by atoms with van der Waals surface area (Å²) in [6.07, 6.45) is 0. The van der Waals surface area contributed by atoms with Crippen LogP contribution in [0.4, 0.5) is 16.2 Å². The monoisotopic (exact) mass is 410 g/mol. The highest BCUT2D eigenvalue weighted by Gasteiger charge is 2.24. The first-order valence-corrected chi connectivity index (χ1v) is 10.6. The predicted octanol–water partition coefficient (Wildman–Crippen LogP) is 2.56. The normalized spacial score (nSPS) is 18.3. The number of hydrogen-bond donors (Lipinski definition) is 1. The Morgan fingerprint density at radius 1 is 0.967 bits per heavy atom. The fraction of sp³-hybridized carbons (Fsp3) is 0.455. The molecule has 8 heteroatoms. The van der Waals surface area contributed by atoms with Crippen molar-refractivity contribution in [1.82, 2.24) is 19.9 Å². The highest BCUT2D eigenvalue weighted by Crippen LogP contribution is 2.28. The van der Waals surface area contributed by atoms with E-state index in [1.54, 1.807) is 0 Å². The van der Waals surface area contributed by atoms with Crippen LogP contribution in [0.5, 0.6) is 0 Å². The molecule has 2 saturated heterocycles. The van der Waals surface area contributed by atoms with E-state index >= 15 is 0 Å². The Kier molecular flexibility index (Phi) is 5.26. The zero-order chi connectivity index (χ0) is 20.5. The molecule has 2 aliphatic rings. The second kappa shape index (κ2) is 8.20. The number of piperazine rings is 1. The Bertz CT molecular complexity index is 1010. The maximum Gasteiger partial charge on any atom is 0.229 e. The fourth-order valence-electron chi connectivity index (χ4n) is 4.23. The summed E-state index contributed by atoms with van der Waals surface area (Å²) in [5, 5.41) is 1.08. The van der Waals surface area contributed by atoms with Gasteiger partial charge in [-0.1, -0.05) is 12.1 Å². The standard InChI is InChI=1S/C22H27FN6O/c1-16-14-19-20(24-16)25-22(29-10-12-30-13-11-29)26-21(19)28-8-6-27(7-9-28)15-17-2-4-18(23)5-3-17/h2-5,14H,6-13,15H2,1H3,(H,24,25,26). The van der Waals surface area contributed by atoms with Gasteiger partial charge in [0.2, 0.25) is 5.95 Å². The van der Waals surface area contributed by atoms with Crippen LogP contribution in [0.15, 0.2) is 30.3 Å². The van der Waals surface area contributed by atoms with Gasteiger partial charge in [-0.25, -0.2) is 4.39 Å². The summed E-state index contributed by atoms with van der Waals surface area (Å²) in [5.41, 5.74) is 3.13. The topological polar surface area (TPSA) is 60.5 Å². The van der Waals surface area contributed by atoms with Crippen molar-refractivity contribution in [2.75, 3.05) is 62.3 Å². The van der Waals surface area contributed by atoms with Gasteiger partial charge in [-0.05, 0) is 30.7 Å². The van der Waals surface area contributed by atoms with Crippen molar-refractivity contribution in [1.29, 1.82) is 0 Å². The van der Waals surface area contributed by atoms with Gasteiger partial charge in [-0.2, -0.15) is 9.97 Å². The van der Waals surface area contributed by atoms with Crippen molar-refractivity contribution in [2.24, 2.45) is 0 Å². The molecule has 0 aliphatic carbocycles. The largest absolute Gasteiger partial charge is 0.378 e. The number of nitrogens with zero attached hydrogens (tertiary/aromatic N) is 5. The van der Waals surface area contributed by atoms with E-state index < -0.39 is 0 Å². The number of halogens is 1. The lowest BCUT2D eigenvalue weighted by molar-refractivity contribution is 0.122. The zero-order valence-corrected chi connectivity index (χ0v) is 17.3. The molecule has 2 aliphatic heterocycles. The molecule has 158 valence electrons. The highest BCUT2D eigenvalue weighted by molar-refractivity contribution is 5.89. The minimum atomic E-state index is -0.186. The van der Waals surface area contributed by atoms with Crippen molar-refractivity contribution >= 4 is 22.8 Å². The van der Waals surface area contributed by atoms with Crippen LogP contribution in [0, 0.1) is 12.7 Å². The summed E-state index contributed by atoms with van der Waals surface area (Å²) in [7, 11) is 0. The Labute approximate surface area is 175 Å². The summed E-state index contributed by atoms with van der Waals surface area (Å²) >= 11 is 0. The molecule has 0 amide bonds. The molecule has 0 radical (unpaired) electrons. The molecule has 4 heterocycles. The van der Waals surface area contributed by atoms with E-state index in [0.717, 1.165) is 79.9 Å². The lowest BCUT2D eigenvalue weighted by Gasteiger charge is -2.36. The van der Waals surface area contributed by atoms with Crippen LogP contribution < -0.4 is 9.80 Å². The summed E-state index contributed by atoms with van der Waals surface area (Å²) in [6.45, 7) is 9.64. The van der Waals surface area contributed by atoms with Gasteiger partial charge in [0.1, 0.15) is 17.3 Å². The Balaban J connectivity index is 1.34. The van der Waals surface area contributed by atoms with Gasteiger partial charge in [-0.15, -0.1) is 0 Å². The highest BCUT2D eigenvalue weighted by atomic mass is 19.1. The molecule has 30 heavy (non-hydrogen) atoms. The molecule has 1 N–H and O–H groups in total. The number of rotatable bonds is 4. The van der Waals surface area contributed by atoms with Crippen LogP contribution in [-0.2, 0) is 11.3 Å². The molecule has 0 spiro atoms. The van der Waals surface area contributed by atoms with Crippen LogP contribution in [0.2, 0.25) is 0 Å². The number of nitrogens with one attached hydrogen (secondary N) is 1. The summed E-state index contributed by atoms with van der Waals surface area (Å²) in [6, 6.07) is 8.94. The van der Waals surface area contributed by atoms with Gasteiger partial charge in [0.05, 0.1) is 18.6 Å². The van der Waals surface area contributed by atoms with Gasteiger partial charge < -0.3 is 19.5 Å². The Morgan fingerprint density at radius 3 is 2.43 bits per heavy atom. The quantitative estimate of drug-likeness (QED) is 0.713. The maximum atomic E-state index is 13.2. The number of H-pyrrole nitrogens is 1. The molecule has 2 fully saturated rings. The number of aromatic nitrogens is 3. The van der Waals surface area contributed by atoms with Gasteiger partial charge >= 0.3 is 0 Å². The predicted molar refractivity (Wildman–Crippen MR) is 116 cm³/mol. The van der Waals surface area contributed by atoms with Crippen molar-refractivity contribution < 1.29 is 9.13 Å². The Hall–Kier alpha value is -2.71. The van der Waals surface area contributed by atoms with Crippen molar-refractivity contribution in [3.63, 3.8) is 0 Å². The molecular formula is C22H27FN6O. The summed E-state index contributed by atoms with van der Waals surface area (Å²) in [4.78, 5) is 20.1. The zero-order valence-electron chi connectivity index (χ0n) is 17.3. The molecule has 0 bridgehead atoms. The third kappa shape index (κ3) is 3.97. The number of anilines is 2. The third-order valence-corrected chi connectivity index (χ3v) is 5.88. The number of aromatic amines is 1. The van der Waals surface area contributed by atoms with E-state index in [1.807, 2.05) is 12.1 Å². The summed E-state index contributed by atoms with van der Waals surface area (Å²) < 4.78 is 18.6. The fourth-order valence-corrected chi connectivity index (χ4v) is 4.23. The average Bonchev–Trinajstić information content (AvgIpc) is 3.16. The summed E-state index contributed by atoms with van der Waals surface area (Å²) in [5.74, 6) is 1.60. The molecule has 0 saturated carbocycles. The van der Waals surface area contributed by atoms with Gasteiger partial charge in [0.25, 0.3) is 0 Å².